The van der Waals surface area contributed by atoms with Crippen molar-refractivity contribution in [3.8, 4) is 6.07 Å². The Kier molecular flexibility index (Phi) is 5.60. The summed E-state index contributed by atoms with van der Waals surface area (Å²) in [6.45, 7) is -1.79. The predicted molar refractivity (Wildman–Crippen MR) is 92.9 cm³/mol. The zero-order valence-corrected chi connectivity index (χ0v) is 14.5. The van der Waals surface area contributed by atoms with Crippen LogP contribution in [-0.2, 0) is 10.3 Å². The van der Waals surface area contributed by atoms with Crippen molar-refractivity contribution < 1.29 is 22.7 Å². The third-order valence-electron chi connectivity index (χ3n) is 4.40. The maximum atomic E-state index is 14.5. The fraction of sp³-hybridized carbons (Fsp3) is 0.278. The molecule has 2 heterocycles. The first-order valence-electron chi connectivity index (χ1n) is 8.22. The first kappa shape index (κ1) is 19.8. The molecule has 7 nitrogen and oxygen atoms in total. The van der Waals surface area contributed by atoms with Gasteiger partial charge in [-0.1, -0.05) is 0 Å². The SMILES string of the molecule is N#Cc1ccc(C(=O)Nc2ccc(F)c([C@@]3(CF)NC(N)OC[C@@H]3F)c2)nc1. The van der Waals surface area contributed by atoms with Gasteiger partial charge in [0.05, 0.1) is 12.2 Å². The first-order chi connectivity index (χ1) is 13.4. The van der Waals surface area contributed by atoms with Crippen LogP contribution in [0.5, 0.6) is 0 Å². The van der Waals surface area contributed by atoms with E-state index in [2.05, 4.69) is 15.6 Å². The maximum absolute atomic E-state index is 14.5. The molecule has 2 aromatic rings. The molecule has 1 unspecified atom stereocenters. The molecule has 4 N–H and O–H groups in total. The Hall–Kier alpha value is -3.00. The monoisotopic (exact) mass is 391 g/mol. The van der Waals surface area contributed by atoms with Gasteiger partial charge >= 0.3 is 0 Å². The van der Waals surface area contributed by atoms with E-state index in [9.17, 15) is 18.0 Å². The number of nitrogens with two attached hydrogens (primary N) is 1. The minimum atomic E-state index is -2.05. The van der Waals surface area contributed by atoms with E-state index in [1.54, 1.807) is 0 Å². The lowest BCUT2D eigenvalue weighted by molar-refractivity contribution is -0.103. The number of ether oxygens (including phenoxy) is 1. The number of aromatic nitrogens is 1. The maximum Gasteiger partial charge on any atom is 0.274 e. The van der Waals surface area contributed by atoms with E-state index >= 15 is 0 Å². The van der Waals surface area contributed by atoms with E-state index in [1.807, 2.05) is 6.07 Å². The molecule has 3 atom stereocenters. The van der Waals surface area contributed by atoms with Crippen LogP contribution in [0.1, 0.15) is 21.6 Å². The zero-order valence-electron chi connectivity index (χ0n) is 14.5. The second kappa shape index (κ2) is 7.93. The number of rotatable bonds is 4. The van der Waals surface area contributed by atoms with Crippen LogP contribution >= 0.6 is 0 Å². The highest BCUT2D eigenvalue weighted by molar-refractivity contribution is 6.02. The highest BCUT2D eigenvalue weighted by atomic mass is 19.1. The van der Waals surface area contributed by atoms with Crippen molar-refractivity contribution in [3.05, 3.63) is 59.2 Å². The smallest absolute Gasteiger partial charge is 0.274 e. The summed E-state index contributed by atoms with van der Waals surface area (Å²) >= 11 is 0. The van der Waals surface area contributed by atoms with Crippen molar-refractivity contribution >= 4 is 11.6 Å². The summed E-state index contributed by atoms with van der Waals surface area (Å²) in [4.78, 5) is 16.2. The van der Waals surface area contributed by atoms with E-state index < -0.39 is 43.1 Å². The minimum Gasteiger partial charge on any atom is -0.347 e. The molecule has 10 heteroatoms. The number of amides is 1. The van der Waals surface area contributed by atoms with Crippen LogP contribution in [-0.4, -0.2) is 36.7 Å². The second-order valence-corrected chi connectivity index (χ2v) is 6.16. The van der Waals surface area contributed by atoms with Gasteiger partial charge in [0.2, 0.25) is 0 Å². The number of hydrogen-bond acceptors (Lipinski definition) is 6. The summed E-state index contributed by atoms with van der Waals surface area (Å²) in [6, 6.07) is 8.01. The number of carbonyl (C=O) groups excluding carboxylic acids is 1. The molecule has 0 radical (unpaired) electrons. The second-order valence-electron chi connectivity index (χ2n) is 6.16. The van der Waals surface area contributed by atoms with Crippen molar-refractivity contribution in [2.24, 2.45) is 5.73 Å². The fourth-order valence-corrected chi connectivity index (χ4v) is 2.89. The fourth-order valence-electron chi connectivity index (χ4n) is 2.89. The lowest BCUT2D eigenvalue weighted by Crippen LogP contribution is -2.64. The molecular weight excluding hydrogens is 375 g/mol. The van der Waals surface area contributed by atoms with Crippen molar-refractivity contribution in [1.82, 2.24) is 10.3 Å². The molecule has 1 aliphatic heterocycles. The minimum absolute atomic E-state index is 0.0136. The van der Waals surface area contributed by atoms with Gasteiger partial charge in [-0.15, -0.1) is 0 Å². The molecule has 0 bridgehead atoms. The van der Waals surface area contributed by atoms with Crippen molar-refractivity contribution in [2.75, 3.05) is 18.6 Å². The van der Waals surface area contributed by atoms with Gasteiger partial charge in [0.25, 0.3) is 5.91 Å². The molecular formula is C18H16F3N5O2. The Balaban J connectivity index is 1.90. The molecule has 3 rings (SSSR count). The Labute approximate surface area is 158 Å². The summed E-state index contributed by atoms with van der Waals surface area (Å²) in [5.74, 6) is -1.50. The van der Waals surface area contributed by atoms with E-state index in [4.69, 9.17) is 15.7 Å². The Morgan fingerprint density at radius 2 is 2.25 bits per heavy atom. The number of nitrogens with zero attached hydrogens (tertiary/aromatic N) is 2. The molecule has 0 saturated carbocycles. The molecule has 0 spiro atoms. The summed E-state index contributed by atoms with van der Waals surface area (Å²) < 4.78 is 47.7. The molecule has 146 valence electrons. The van der Waals surface area contributed by atoms with Gasteiger partial charge in [0.15, 0.2) is 6.35 Å². The number of anilines is 1. The number of hydrogen-bond donors (Lipinski definition) is 3. The molecule has 0 aliphatic carbocycles. The van der Waals surface area contributed by atoms with Crippen LogP contribution in [0.25, 0.3) is 0 Å². The van der Waals surface area contributed by atoms with Crippen LogP contribution in [0, 0.1) is 17.1 Å². The molecule has 1 aliphatic rings. The van der Waals surface area contributed by atoms with Crippen LogP contribution in [0.15, 0.2) is 36.5 Å². The number of nitriles is 1. The summed E-state index contributed by atoms with van der Waals surface area (Å²) in [5.41, 5.74) is 3.59. The third-order valence-corrected chi connectivity index (χ3v) is 4.40. The average molecular weight is 391 g/mol. The highest BCUT2D eigenvalue weighted by Gasteiger charge is 2.47. The van der Waals surface area contributed by atoms with Crippen LogP contribution < -0.4 is 16.4 Å². The van der Waals surface area contributed by atoms with Crippen LogP contribution in [0.4, 0.5) is 18.9 Å². The third kappa shape index (κ3) is 3.68. The van der Waals surface area contributed by atoms with E-state index in [0.29, 0.717) is 0 Å². The van der Waals surface area contributed by atoms with Crippen LogP contribution in [0.3, 0.4) is 0 Å². The predicted octanol–water partition coefficient (Wildman–Crippen LogP) is 1.71. The Morgan fingerprint density at radius 1 is 1.46 bits per heavy atom. The zero-order chi connectivity index (χ0) is 20.3. The Bertz CT molecular complexity index is 918. The van der Waals surface area contributed by atoms with Crippen molar-refractivity contribution in [1.29, 1.82) is 5.26 Å². The van der Waals surface area contributed by atoms with Crippen LogP contribution in [0.2, 0.25) is 0 Å². The van der Waals surface area contributed by atoms with Gasteiger partial charge in [-0.3, -0.25) is 15.8 Å². The number of benzene rings is 1. The average Bonchev–Trinajstić information content (AvgIpc) is 2.71. The van der Waals surface area contributed by atoms with Gasteiger partial charge in [0.1, 0.15) is 36.0 Å². The molecule has 28 heavy (non-hydrogen) atoms. The van der Waals surface area contributed by atoms with Gasteiger partial charge in [-0.05, 0) is 30.3 Å². The molecule has 1 aromatic heterocycles. The molecule has 1 aromatic carbocycles. The normalized spacial score (nSPS) is 24.4. The van der Waals surface area contributed by atoms with Gasteiger partial charge in [-0.25, -0.2) is 18.2 Å². The molecule has 1 fully saturated rings. The number of carbonyl (C=O) groups is 1. The number of halogens is 3. The first-order valence-corrected chi connectivity index (χ1v) is 8.22. The quantitative estimate of drug-likeness (QED) is 0.731. The summed E-state index contributed by atoms with van der Waals surface area (Å²) in [5, 5.41) is 13.7. The lowest BCUT2D eigenvalue weighted by atomic mass is 9.85. The lowest BCUT2D eigenvalue weighted by Gasteiger charge is -2.42. The number of pyridine rings is 1. The number of alkyl halides is 2. The highest BCUT2D eigenvalue weighted by Crippen LogP contribution is 2.35. The van der Waals surface area contributed by atoms with E-state index in [1.165, 1.54) is 24.4 Å². The molecule has 1 saturated heterocycles. The van der Waals surface area contributed by atoms with Crippen molar-refractivity contribution in [2.45, 2.75) is 18.1 Å². The van der Waals surface area contributed by atoms with Crippen molar-refractivity contribution in [3.63, 3.8) is 0 Å². The molecule has 1 amide bonds. The number of nitrogens with one attached hydrogen (secondary N) is 2. The Morgan fingerprint density at radius 3 is 2.89 bits per heavy atom. The van der Waals surface area contributed by atoms with E-state index in [0.717, 1.165) is 12.1 Å². The van der Waals surface area contributed by atoms with Gasteiger partial charge < -0.3 is 10.1 Å². The van der Waals surface area contributed by atoms with Gasteiger partial charge in [0, 0.05) is 17.4 Å². The summed E-state index contributed by atoms with van der Waals surface area (Å²) in [6.07, 6.45) is -1.86. The summed E-state index contributed by atoms with van der Waals surface area (Å²) in [7, 11) is 0. The van der Waals surface area contributed by atoms with Gasteiger partial charge in [-0.2, -0.15) is 5.26 Å². The topological polar surface area (TPSA) is 113 Å². The standard InChI is InChI=1S/C18H16F3N5O2/c19-9-18(15(21)8-28-17(23)26-18)12-5-11(2-3-13(12)20)25-16(27)14-4-1-10(6-22)7-24-14/h1-5,7,15,17,26H,8-9,23H2,(H,25,27)/t15-,17?,18+/m0/s1. The van der Waals surface area contributed by atoms with E-state index in [-0.39, 0.29) is 22.5 Å². The largest absolute Gasteiger partial charge is 0.347 e.